The summed E-state index contributed by atoms with van der Waals surface area (Å²) in [6.45, 7) is 0. The summed E-state index contributed by atoms with van der Waals surface area (Å²) in [5.41, 5.74) is 5.41. The van der Waals surface area contributed by atoms with Gasteiger partial charge in [-0.3, -0.25) is 10.8 Å². The SMILES string of the molecule is NNC(c1cccc(F)c1)c1cccc2ncccc12. The van der Waals surface area contributed by atoms with Crippen LogP contribution in [-0.4, -0.2) is 4.98 Å². The number of nitrogens with zero attached hydrogens (tertiary/aromatic N) is 1. The molecule has 0 amide bonds. The van der Waals surface area contributed by atoms with Crippen LogP contribution in [0.15, 0.2) is 60.8 Å². The summed E-state index contributed by atoms with van der Waals surface area (Å²) in [7, 11) is 0. The first-order valence-corrected chi connectivity index (χ1v) is 6.35. The number of hydrogen-bond acceptors (Lipinski definition) is 3. The van der Waals surface area contributed by atoms with E-state index in [2.05, 4.69) is 10.4 Å². The van der Waals surface area contributed by atoms with Crippen LogP contribution < -0.4 is 11.3 Å². The molecule has 1 heterocycles. The van der Waals surface area contributed by atoms with Gasteiger partial charge < -0.3 is 0 Å². The number of hydrogen-bond donors (Lipinski definition) is 2. The third-order valence-electron chi connectivity index (χ3n) is 3.34. The molecule has 0 saturated carbocycles. The molecule has 1 atom stereocenters. The zero-order valence-electron chi connectivity index (χ0n) is 10.8. The Bertz CT molecular complexity index is 737. The molecule has 2 aromatic carbocycles. The van der Waals surface area contributed by atoms with E-state index in [4.69, 9.17) is 5.84 Å². The molecule has 3 nitrogen and oxygen atoms in total. The third kappa shape index (κ3) is 2.27. The summed E-state index contributed by atoms with van der Waals surface area (Å²) in [6.07, 6.45) is 1.75. The zero-order chi connectivity index (χ0) is 13.9. The number of hydrazine groups is 1. The van der Waals surface area contributed by atoms with Crippen LogP contribution in [0.3, 0.4) is 0 Å². The minimum Gasteiger partial charge on any atom is -0.271 e. The monoisotopic (exact) mass is 267 g/mol. The van der Waals surface area contributed by atoms with E-state index in [-0.39, 0.29) is 11.9 Å². The summed E-state index contributed by atoms with van der Waals surface area (Å²) < 4.78 is 13.4. The maximum absolute atomic E-state index is 13.4. The lowest BCUT2D eigenvalue weighted by Crippen LogP contribution is -2.29. The van der Waals surface area contributed by atoms with E-state index < -0.39 is 0 Å². The van der Waals surface area contributed by atoms with Gasteiger partial charge in [0.25, 0.3) is 0 Å². The molecule has 3 N–H and O–H groups in total. The average Bonchev–Trinajstić information content (AvgIpc) is 2.48. The van der Waals surface area contributed by atoms with Gasteiger partial charge in [0.05, 0.1) is 11.6 Å². The highest BCUT2D eigenvalue weighted by Gasteiger charge is 2.15. The summed E-state index contributed by atoms with van der Waals surface area (Å²) in [5.74, 6) is 5.41. The smallest absolute Gasteiger partial charge is 0.123 e. The lowest BCUT2D eigenvalue weighted by molar-refractivity contribution is 0.607. The van der Waals surface area contributed by atoms with Gasteiger partial charge in [-0.05, 0) is 35.4 Å². The first-order valence-electron chi connectivity index (χ1n) is 6.35. The van der Waals surface area contributed by atoms with Gasteiger partial charge in [-0.2, -0.15) is 0 Å². The Morgan fingerprint density at radius 2 is 1.90 bits per heavy atom. The zero-order valence-corrected chi connectivity index (χ0v) is 10.8. The van der Waals surface area contributed by atoms with Gasteiger partial charge in [0.1, 0.15) is 5.82 Å². The summed E-state index contributed by atoms with van der Waals surface area (Å²) in [4.78, 5) is 4.33. The Morgan fingerprint density at radius 3 is 2.70 bits per heavy atom. The number of halogens is 1. The fraction of sp³-hybridized carbons (Fsp3) is 0.0625. The number of rotatable bonds is 3. The Morgan fingerprint density at radius 1 is 1.05 bits per heavy atom. The third-order valence-corrected chi connectivity index (χ3v) is 3.34. The molecule has 0 radical (unpaired) electrons. The Labute approximate surface area is 116 Å². The lowest BCUT2D eigenvalue weighted by Gasteiger charge is -2.18. The van der Waals surface area contributed by atoms with Crippen molar-refractivity contribution in [3.05, 3.63) is 77.7 Å². The first kappa shape index (κ1) is 12.7. The first-order chi connectivity index (χ1) is 9.79. The molecule has 100 valence electrons. The molecule has 0 aliphatic rings. The van der Waals surface area contributed by atoms with Crippen LogP contribution >= 0.6 is 0 Å². The van der Waals surface area contributed by atoms with Crippen molar-refractivity contribution < 1.29 is 4.39 Å². The molecular formula is C16H14FN3. The number of fused-ring (bicyclic) bond motifs is 1. The van der Waals surface area contributed by atoms with Crippen molar-refractivity contribution in [1.29, 1.82) is 0 Å². The molecule has 0 spiro atoms. The van der Waals surface area contributed by atoms with Crippen LogP contribution in [0.1, 0.15) is 17.2 Å². The van der Waals surface area contributed by atoms with Crippen molar-refractivity contribution >= 4 is 10.9 Å². The molecule has 3 rings (SSSR count). The van der Waals surface area contributed by atoms with Gasteiger partial charge in [-0.15, -0.1) is 0 Å². The van der Waals surface area contributed by atoms with Gasteiger partial charge >= 0.3 is 0 Å². The molecule has 0 aliphatic carbocycles. The lowest BCUT2D eigenvalue weighted by atomic mass is 9.95. The maximum atomic E-state index is 13.4. The Hall–Kier alpha value is -2.30. The van der Waals surface area contributed by atoms with E-state index in [9.17, 15) is 4.39 Å². The predicted octanol–water partition coefficient (Wildman–Crippen LogP) is 2.93. The van der Waals surface area contributed by atoms with Crippen LogP contribution in [0.5, 0.6) is 0 Å². The average molecular weight is 267 g/mol. The van der Waals surface area contributed by atoms with Crippen molar-refractivity contribution in [2.45, 2.75) is 6.04 Å². The normalized spacial score (nSPS) is 12.5. The summed E-state index contributed by atoms with van der Waals surface area (Å²) >= 11 is 0. The van der Waals surface area contributed by atoms with E-state index in [0.29, 0.717) is 0 Å². The highest BCUT2D eigenvalue weighted by molar-refractivity contribution is 5.82. The van der Waals surface area contributed by atoms with Gasteiger partial charge in [0.15, 0.2) is 0 Å². The molecule has 4 heteroatoms. The van der Waals surface area contributed by atoms with E-state index in [1.807, 2.05) is 36.4 Å². The van der Waals surface area contributed by atoms with Gasteiger partial charge in [0.2, 0.25) is 0 Å². The minimum absolute atomic E-state index is 0.277. The fourth-order valence-electron chi connectivity index (χ4n) is 2.43. The van der Waals surface area contributed by atoms with Gasteiger partial charge in [0, 0.05) is 11.6 Å². The Balaban J connectivity index is 2.17. The second-order valence-electron chi connectivity index (χ2n) is 4.57. The second kappa shape index (κ2) is 5.36. The summed E-state index contributed by atoms with van der Waals surface area (Å²) in [6, 6.07) is 15.9. The second-order valence-corrected chi connectivity index (χ2v) is 4.57. The number of nitrogens with two attached hydrogens (primary N) is 1. The molecule has 20 heavy (non-hydrogen) atoms. The van der Waals surface area contributed by atoms with Crippen LogP contribution in [0.4, 0.5) is 4.39 Å². The van der Waals surface area contributed by atoms with Crippen LogP contribution in [0, 0.1) is 5.82 Å². The van der Waals surface area contributed by atoms with Gasteiger partial charge in [-0.1, -0.05) is 30.3 Å². The van der Waals surface area contributed by atoms with E-state index in [1.165, 1.54) is 12.1 Å². The molecule has 0 bridgehead atoms. The van der Waals surface area contributed by atoms with Crippen molar-refractivity contribution in [3.8, 4) is 0 Å². The largest absolute Gasteiger partial charge is 0.271 e. The minimum atomic E-state index is -0.279. The van der Waals surface area contributed by atoms with E-state index in [0.717, 1.165) is 22.0 Å². The van der Waals surface area contributed by atoms with Crippen LogP contribution in [0.2, 0.25) is 0 Å². The highest BCUT2D eigenvalue weighted by atomic mass is 19.1. The maximum Gasteiger partial charge on any atom is 0.123 e. The molecule has 1 aromatic heterocycles. The predicted molar refractivity (Wildman–Crippen MR) is 77.3 cm³/mol. The van der Waals surface area contributed by atoms with E-state index >= 15 is 0 Å². The van der Waals surface area contributed by atoms with Crippen molar-refractivity contribution in [1.82, 2.24) is 10.4 Å². The van der Waals surface area contributed by atoms with Crippen molar-refractivity contribution in [2.24, 2.45) is 5.84 Å². The molecular weight excluding hydrogens is 253 g/mol. The highest BCUT2D eigenvalue weighted by Crippen LogP contribution is 2.27. The number of benzene rings is 2. The number of aromatic nitrogens is 1. The molecule has 0 aliphatic heterocycles. The topological polar surface area (TPSA) is 50.9 Å². The van der Waals surface area contributed by atoms with E-state index in [1.54, 1.807) is 12.3 Å². The molecule has 3 aromatic rings. The fourth-order valence-corrected chi connectivity index (χ4v) is 2.43. The van der Waals surface area contributed by atoms with Crippen LogP contribution in [-0.2, 0) is 0 Å². The van der Waals surface area contributed by atoms with Gasteiger partial charge in [-0.25, -0.2) is 9.82 Å². The standard InChI is InChI=1S/C16H14FN3/c17-12-5-1-4-11(10-12)16(20-18)14-6-2-8-15-13(14)7-3-9-19-15/h1-10,16,20H,18H2. The molecule has 1 unspecified atom stereocenters. The summed E-state index contributed by atoms with van der Waals surface area (Å²) in [5, 5.41) is 1.00. The molecule has 0 fully saturated rings. The number of pyridine rings is 1. The van der Waals surface area contributed by atoms with Crippen LogP contribution in [0.25, 0.3) is 10.9 Å². The number of nitrogens with one attached hydrogen (secondary N) is 1. The quantitative estimate of drug-likeness (QED) is 0.566. The molecule has 0 saturated heterocycles. The van der Waals surface area contributed by atoms with Crippen molar-refractivity contribution in [2.75, 3.05) is 0 Å². The Kier molecular flexibility index (Phi) is 3.41. The van der Waals surface area contributed by atoms with Crippen molar-refractivity contribution in [3.63, 3.8) is 0 Å².